The van der Waals surface area contributed by atoms with Gasteiger partial charge >= 0.3 is 13.1 Å². The van der Waals surface area contributed by atoms with E-state index < -0.39 is 30.1 Å². The highest BCUT2D eigenvalue weighted by molar-refractivity contribution is 6.48. The molecule has 0 aliphatic carbocycles. The number of halogens is 1. The van der Waals surface area contributed by atoms with Crippen molar-refractivity contribution in [1.82, 2.24) is 0 Å². The lowest BCUT2D eigenvalue weighted by molar-refractivity contribution is -0.137. The van der Waals surface area contributed by atoms with E-state index in [1.54, 1.807) is 12.1 Å². The quantitative estimate of drug-likeness (QED) is 0.831. The van der Waals surface area contributed by atoms with Gasteiger partial charge in [0, 0.05) is 10.8 Å². The molecule has 7 heteroatoms. The van der Waals surface area contributed by atoms with Crippen molar-refractivity contribution in [3.05, 3.63) is 28.8 Å². The lowest BCUT2D eigenvalue weighted by atomic mass is 9.66. The second-order valence-corrected chi connectivity index (χ2v) is 6.97. The van der Waals surface area contributed by atoms with Crippen LogP contribution in [0.3, 0.4) is 0 Å². The number of aliphatic carboxylic acids is 1. The van der Waals surface area contributed by atoms with Crippen LogP contribution < -0.4 is 0 Å². The molecule has 1 aliphatic heterocycles. The Hall–Kier alpha value is -1.24. The highest BCUT2D eigenvalue weighted by Gasteiger charge is 2.54. The number of carboxylic acids is 1. The van der Waals surface area contributed by atoms with Gasteiger partial charge in [-0.3, -0.25) is 4.79 Å². The van der Waals surface area contributed by atoms with Crippen molar-refractivity contribution in [3.8, 4) is 5.75 Å². The normalized spacial score (nSPS) is 20.9. The van der Waals surface area contributed by atoms with Crippen LogP contribution in [0.25, 0.3) is 0 Å². The first-order valence-corrected chi connectivity index (χ1v) is 7.47. The Kier molecular flexibility index (Phi) is 4.48. The smallest absolute Gasteiger partial charge is 0.466 e. The van der Waals surface area contributed by atoms with Gasteiger partial charge in [-0.25, -0.2) is 0 Å². The summed E-state index contributed by atoms with van der Waals surface area (Å²) in [6.07, 6.45) is -0.231. The van der Waals surface area contributed by atoms with Gasteiger partial charge in [-0.15, -0.1) is 0 Å². The molecule has 1 aliphatic rings. The lowest BCUT2D eigenvalue weighted by Crippen LogP contribution is -2.41. The fourth-order valence-electron chi connectivity index (χ4n) is 2.42. The molecule has 0 aromatic heterocycles. The van der Waals surface area contributed by atoms with Gasteiger partial charge in [0.05, 0.1) is 17.6 Å². The number of phenolic OH excluding ortho intramolecular Hbond substituents is 1. The number of aromatic hydroxyl groups is 1. The van der Waals surface area contributed by atoms with Crippen molar-refractivity contribution < 1.29 is 24.3 Å². The second-order valence-electron chi connectivity index (χ2n) is 6.53. The zero-order chi connectivity index (χ0) is 16.7. The molecule has 0 bridgehead atoms. The molecule has 0 radical (unpaired) electrons. The average Bonchev–Trinajstić information content (AvgIpc) is 2.58. The van der Waals surface area contributed by atoms with E-state index in [2.05, 4.69) is 0 Å². The molecule has 1 fully saturated rings. The zero-order valence-corrected chi connectivity index (χ0v) is 13.8. The molecule has 0 spiro atoms. The maximum Gasteiger partial charge on any atom is 0.466 e. The molecule has 1 aromatic rings. The molecule has 5 nitrogen and oxygen atoms in total. The monoisotopic (exact) mass is 326 g/mol. The van der Waals surface area contributed by atoms with Crippen LogP contribution in [0.15, 0.2) is 18.2 Å². The van der Waals surface area contributed by atoms with Gasteiger partial charge in [0.1, 0.15) is 5.75 Å². The number of benzene rings is 1. The molecule has 2 rings (SSSR count). The molecule has 120 valence electrons. The molecule has 0 amide bonds. The standard InChI is InChI=1S/C15H20BClO5/c1-14(2)15(3,4)22-16(21-14)11(8-13(19)20)10-7-9(17)5-6-12(10)18/h5-7,11,18H,8H2,1-4H3,(H,19,20). The first kappa shape index (κ1) is 17.1. The summed E-state index contributed by atoms with van der Waals surface area (Å²) in [5, 5.41) is 19.7. The first-order chi connectivity index (χ1) is 10.0. The Bertz CT molecular complexity index is 571. The number of phenols is 1. The number of carboxylic acid groups (broad SMARTS) is 1. The van der Waals surface area contributed by atoms with E-state index in [4.69, 9.17) is 20.9 Å². The van der Waals surface area contributed by atoms with Gasteiger partial charge < -0.3 is 19.5 Å². The summed E-state index contributed by atoms with van der Waals surface area (Å²) in [5.41, 5.74) is -0.751. The van der Waals surface area contributed by atoms with Crippen LogP contribution in [-0.2, 0) is 14.1 Å². The van der Waals surface area contributed by atoms with Crippen LogP contribution in [-0.4, -0.2) is 34.5 Å². The van der Waals surface area contributed by atoms with Gasteiger partial charge in [0.25, 0.3) is 0 Å². The van der Waals surface area contributed by atoms with Crippen molar-refractivity contribution in [1.29, 1.82) is 0 Å². The fraction of sp³-hybridized carbons (Fsp3) is 0.533. The molecule has 1 aromatic carbocycles. The Balaban J connectivity index is 2.40. The Labute approximate surface area is 135 Å². The van der Waals surface area contributed by atoms with Crippen LogP contribution in [0.4, 0.5) is 0 Å². The Morgan fingerprint density at radius 2 is 1.82 bits per heavy atom. The SMILES string of the molecule is CC1(C)OB(C(CC(=O)O)c2cc(Cl)ccc2O)OC1(C)C. The minimum Gasteiger partial charge on any atom is -0.508 e. The van der Waals surface area contributed by atoms with E-state index >= 15 is 0 Å². The summed E-state index contributed by atoms with van der Waals surface area (Å²) >= 11 is 5.98. The topological polar surface area (TPSA) is 76.0 Å². The summed E-state index contributed by atoms with van der Waals surface area (Å²) in [6, 6.07) is 4.54. The first-order valence-electron chi connectivity index (χ1n) is 7.09. The van der Waals surface area contributed by atoms with E-state index in [0.29, 0.717) is 10.6 Å². The van der Waals surface area contributed by atoms with Crippen molar-refractivity contribution >= 4 is 24.7 Å². The van der Waals surface area contributed by atoms with Crippen LogP contribution in [0.2, 0.25) is 5.02 Å². The van der Waals surface area contributed by atoms with Crippen LogP contribution >= 0.6 is 11.6 Å². The second kappa shape index (κ2) is 5.76. The van der Waals surface area contributed by atoms with Gasteiger partial charge in [0.15, 0.2) is 0 Å². The fourth-order valence-corrected chi connectivity index (χ4v) is 2.60. The van der Waals surface area contributed by atoms with E-state index in [1.807, 2.05) is 27.7 Å². The summed E-state index contributed by atoms with van der Waals surface area (Å²) in [4.78, 5) is 11.2. The van der Waals surface area contributed by atoms with Gasteiger partial charge in [-0.1, -0.05) is 11.6 Å². The predicted octanol–water partition coefficient (Wildman–Crippen LogP) is 3.24. The molecule has 2 N–H and O–H groups in total. The third kappa shape index (κ3) is 3.24. The predicted molar refractivity (Wildman–Crippen MR) is 84.2 cm³/mol. The van der Waals surface area contributed by atoms with E-state index in [0.717, 1.165) is 0 Å². The molecule has 1 saturated heterocycles. The summed E-state index contributed by atoms with van der Waals surface area (Å²) in [7, 11) is -0.773. The van der Waals surface area contributed by atoms with Gasteiger partial charge in [-0.2, -0.15) is 0 Å². The number of rotatable bonds is 4. The van der Waals surface area contributed by atoms with Crippen molar-refractivity contribution in [2.75, 3.05) is 0 Å². The maximum atomic E-state index is 11.2. The van der Waals surface area contributed by atoms with Crippen LogP contribution in [0.5, 0.6) is 5.75 Å². The van der Waals surface area contributed by atoms with E-state index in [9.17, 15) is 15.0 Å². The molecule has 0 saturated carbocycles. The van der Waals surface area contributed by atoms with Crippen molar-refractivity contribution in [2.45, 2.75) is 51.1 Å². The molecule has 1 unspecified atom stereocenters. The van der Waals surface area contributed by atoms with Gasteiger partial charge in [-0.05, 0) is 51.5 Å². The Morgan fingerprint density at radius 3 is 2.32 bits per heavy atom. The van der Waals surface area contributed by atoms with Crippen LogP contribution in [0, 0.1) is 0 Å². The summed E-state index contributed by atoms with van der Waals surface area (Å²) < 4.78 is 11.9. The largest absolute Gasteiger partial charge is 0.508 e. The van der Waals surface area contributed by atoms with E-state index in [1.165, 1.54) is 6.07 Å². The molecular weight excluding hydrogens is 306 g/mol. The van der Waals surface area contributed by atoms with E-state index in [-0.39, 0.29) is 12.2 Å². The number of carbonyl (C=O) groups is 1. The molecule has 1 heterocycles. The molecule has 22 heavy (non-hydrogen) atoms. The summed E-state index contributed by atoms with van der Waals surface area (Å²) in [5.74, 6) is -1.68. The maximum absolute atomic E-state index is 11.2. The third-order valence-corrected chi connectivity index (χ3v) is 4.62. The lowest BCUT2D eigenvalue weighted by Gasteiger charge is -2.32. The Morgan fingerprint density at radius 1 is 1.27 bits per heavy atom. The summed E-state index contributed by atoms with van der Waals surface area (Å²) in [6.45, 7) is 7.57. The van der Waals surface area contributed by atoms with Crippen molar-refractivity contribution in [2.24, 2.45) is 0 Å². The highest BCUT2D eigenvalue weighted by atomic mass is 35.5. The third-order valence-electron chi connectivity index (χ3n) is 4.38. The van der Waals surface area contributed by atoms with Gasteiger partial charge in [0.2, 0.25) is 0 Å². The molecular formula is C15H20BClO5. The minimum absolute atomic E-state index is 0.0228. The average molecular weight is 327 g/mol. The van der Waals surface area contributed by atoms with Crippen LogP contribution in [0.1, 0.15) is 45.5 Å². The highest BCUT2D eigenvalue weighted by Crippen LogP contribution is 2.43. The number of hydrogen-bond acceptors (Lipinski definition) is 4. The molecule has 1 atom stereocenters. The van der Waals surface area contributed by atoms with Crippen molar-refractivity contribution in [3.63, 3.8) is 0 Å². The number of hydrogen-bond donors (Lipinski definition) is 2. The minimum atomic E-state index is -1.00. The zero-order valence-electron chi connectivity index (χ0n) is 13.1.